The van der Waals surface area contributed by atoms with Crippen molar-refractivity contribution in [3.8, 4) is 10.6 Å². The van der Waals surface area contributed by atoms with Gasteiger partial charge < -0.3 is 5.11 Å². The average molecular weight is 323 g/mol. The molecule has 2 heterocycles. The number of benzene rings is 1. The molecule has 0 amide bonds. The summed E-state index contributed by atoms with van der Waals surface area (Å²) in [4.78, 5) is 17.8. The van der Waals surface area contributed by atoms with E-state index in [1.165, 1.54) is 0 Å². The highest BCUT2D eigenvalue weighted by Crippen LogP contribution is 2.27. The lowest BCUT2D eigenvalue weighted by Gasteiger charge is -2.19. The Morgan fingerprint density at radius 2 is 2.19 bits per heavy atom. The summed E-state index contributed by atoms with van der Waals surface area (Å²) in [5.74, 6) is -0.736. The molecule has 0 radical (unpaired) electrons. The molecule has 6 heteroatoms. The molecule has 0 spiro atoms. The van der Waals surface area contributed by atoms with Gasteiger partial charge in [0.2, 0.25) is 0 Å². The number of likely N-dealkylation sites (tertiary alicyclic amines) is 1. The molecular weight excluding hydrogens is 308 g/mol. The maximum Gasteiger partial charge on any atom is 0.320 e. The Bertz CT molecular complexity index is 641. The molecule has 1 atom stereocenters. The van der Waals surface area contributed by atoms with Crippen LogP contribution in [0.1, 0.15) is 18.5 Å². The summed E-state index contributed by atoms with van der Waals surface area (Å²) in [5, 5.41) is 12.8. The number of carbonyl (C=O) groups is 1. The fraction of sp³-hybridized carbons (Fsp3) is 0.333. The van der Waals surface area contributed by atoms with Crippen molar-refractivity contribution in [1.29, 1.82) is 0 Å². The highest BCUT2D eigenvalue weighted by atomic mass is 35.5. The predicted molar refractivity (Wildman–Crippen MR) is 83.6 cm³/mol. The molecule has 0 saturated carbocycles. The number of nitrogens with zero attached hydrogens (tertiary/aromatic N) is 2. The molecule has 1 aromatic carbocycles. The highest BCUT2D eigenvalue weighted by Gasteiger charge is 2.30. The van der Waals surface area contributed by atoms with E-state index in [1.807, 2.05) is 34.5 Å². The van der Waals surface area contributed by atoms with Gasteiger partial charge in [0.25, 0.3) is 0 Å². The lowest BCUT2D eigenvalue weighted by Crippen LogP contribution is -2.35. The standard InChI is InChI=1S/C15H15ClN2O2S/c16-11-5-3-10(4-6-11)14-17-12(9-21-14)8-18-7-1-2-13(18)15(19)20/h3-6,9,13H,1-2,7-8H2,(H,19,20). The Labute approximate surface area is 132 Å². The van der Waals surface area contributed by atoms with E-state index in [1.54, 1.807) is 11.3 Å². The number of carboxylic acids is 1. The number of carboxylic acid groups (broad SMARTS) is 1. The van der Waals surface area contributed by atoms with Crippen LogP contribution in [0.5, 0.6) is 0 Å². The Kier molecular flexibility index (Phi) is 4.24. The number of aromatic nitrogens is 1. The smallest absolute Gasteiger partial charge is 0.320 e. The molecule has 1 fully saturated rings. The Morgan fingerprint density at radius 3 is 2.90 bits per heavy atom. The second kappa shape index (κ2) is 6.13. The summed E-state index contributed by atoms with van der Waals surface area (Å²) in [7, 11) is 0. The summed E-state index contributed by atoms with van der Waals surface area (Å²) < 4.78 is 0. The van der Waals surface area contributed by atoms with Crippen molar-refractivity contribution in [3.05, 3.63) is 40.4 Å². The monoisotopic (exact) mass is 322 g/mol. The van der Waals surface area contributed by atoms with Crippen molar-refractivity contribution in [1.82, 2.24) is 9.88 Å². The van der Waals surface area contributed by atoms with Crippen LogP contribution in [0.4, 0.5) is 0 Å². The van der Waals surface area contributed by atoms with E-state index in [2.05, 4.69) is 4.98 Å². The van der Waals surface area contributed by atoms with E-state index in [0.29, 0.717) is 11.6 Å². The molecule has 21 heavy (non-hydrogen) atoms. The minimum atomic E-state index is -0.736. The topological polar surface area (TPSA) is 53.4 Å². The average Bonchev–Trinajstić information content (AvgIpc) is 3.09. The van der Waals surface area contributed by atoms with Gasteiger partial charge in [-0.05, 0) is 31.5 Å². The number of hydrogen-bond donors (Lipinski definition) is 1. The first-order chi connectivity index (χ1) is 10.1. The molecule has 4 nitrogen and oxygen atoms in total. The minimum absolute atomic E-state index is 0.370. The van der Waals surface area contributed by atoms with Gasteiger partial charge in [0.05, 0.1) is 5.69 Å². The molecule has 0 aliphatic carbocycles. The van der Waals surface area contributed by atoms with E-state index < -0.39 is 5.97 Å². The molecule has 1 aliphatic rings. The molecule has 1 unspecified atom stereocenters. The number of hydrogen-bond acceptors (Lipinski definition) is 4. The van der Waals surface area contributed by atoms with Gasteiger partial charge in [0, 0.05) is 22.5 Å². The summed E-state index contributed by atoms with van der Waals surface area (Å²) in [6.45, 7) is 1.42. The van der Waals surface area contributed by atoms with E-state index >= 15 is 0 Å². The second-order valence-corrected chi connectivity index (χ2v) is 6.41. The molecule has 0 bridgehead atoms. The van der Waals surface area contributed by atoms with Crippen LogP contribution in [0.15, 0.2) is 29.6 Å². The van der Waals surface area contributed by atoms with Gasteiger partial charge in [-0.25, -0.2) is 4.98 Å². The van der Waals surface area contributed by atoms with Gasteiger partial charge in [-0.3, -0.25) is 9.69 Å². The van der Waals surface area contributed by atoms with Crippen LogP contribution in [0.2, 0.25) is 5.02 Å². The summed E-state index contributed by atoms with van der Waals surface area (Å²) in [5.41, 5.74) is 1.96. The molecule has 1 N–H and O–H groups in total. The fourth-order valence-electron chi connectivity index (χ4n) is 2.61. The lowest BCUT2D eigenvalue weighted by atomic mass is 10.2. The van der Waals surface area contributed by atoms with Crippen molar-refractivity contribution >= 4 is 28.9 Å². The van der Waals surface area contributed by atoms with Crippen molar-refractivity contribution in [2.75, 3.05) is 6.54 Å². The largest absolute Gasteiger partial charge is 0.480 e. The summed E-state index contributed by atoms with van der Waals surface area (Å²) in [6.07, 6.45) is 1.66. The number of thiazole rings is 1. The van der Waals surface area contributed by atoms with Crippen molar-refractivity contribution in [2.24, 2.45) is 0 Å². The maximum atomic E-state index is 11.2. The molecular formula is C15H15ClN2O2S. The third-order valence-corrected chi connectivity index (χ3v) is 4.85. The third kappa shape index (κ3) is 3.26. The zero-order valence-corrected chi connectivity index (χ0v) is 12.9. The van der Waals surface area contributed by atoms with Gasteiger partial charge in [0.1, 0.15) is 11.0 Å². The van der Waals surface area contributed by atoms with Crippen molar-refractivity contribution < 1.29 is 9.90 Å². The van der Waals surface area contributed by atoms with Crippen LogP contribution >= 0.6 is 22.9 Å². The number of halogens is 1. The molecule has 1 aliphatic heterocycles. The lowest BCUT2D eigenvalue weighted by molar-refractivity contribution is -0.142. The van der Waals surface area contributed by atoms with Gasteiger partial charge in [-0.15, -0.1) is 11.3 Å². The molecule has 1 saturated heterocycles. The fourth-order valence-corrected chi connectivity index (χ4v) is 3.55. The molecule has 3 rings (SSSR count). The van der Waals surface area contributed by atoms with Crippen LogP contribution < -0.4 is 0 Å². The Balaban J connectivity index is 1.73. The van der Waals surface area contributed by atoms with Crippen molar-refractivity contribution in [2.45, 2.75) is 25.4 Å². The second-order valence-electron chi connectivity index (χ2n) is 5.12. The van der Waals surface area contributed by atoms with E-state index in [0.717, 1.165) is 35.7 Å². The normalized spacial score (nSPS) is 19.0. The van der Waals surface area contributed by atoms with Crippen LogP contribution in [-0.4, -0.2) is 33.5 Å². The van der Waals surface area contributed by atoms with E-state index in [4.69, 9.17) is 11.6 Å². The van der Waals surface area contributed by atoms with Crippen LogP contribution in [0.25, 0.3) is 10.6 Å². The van der Waals surface area contributed by atoms with Crippen molar-refractivity contribution in [3.63, 3.8) is 0 Å². The maximum absolute atomic E-state index is 11.2. The number of aliphatic carboxylic acids is 1. The highest BCUT2D eigenvalue weighted by molar-refractivity contribution is 7.13. The Morgan fingerprint density at radius 1 is 1.43 bits per heavy atom. The van der Waals surface area contributed by atoms with Crippen LogP contribution in [-0.2, 0) is 11.3 Å². The van der Waals surface area contributed by atoms with Gasteiger partial charge in [-0.1, -0.05) is 23.7 Å². The van der Waals surface area contributed by atoms with Gasteiger partial charge >= 0.3 is 5.97 Å². The molecule has 2 aromatic rings. The third-order valence-electron chi connectivity index (χ3n) is 3.66. The summed E-state index contributed by atoms with van der Waals surface area (Å²) >= 11 is 7.46. The van der Waals surface area contributed by atoms with Gasteiger partial charge in [0.15, 0.2) is 0 Å². The van der Waals surface area contributed by atoms with Crippen LogP contribution in [0.3, 0.4) is 0 Å². The minimum Gasteiger partial charge on any atom is -0.480 e. The van der Waals surface area contributed by atoms with E-state index in [9.17, 15) is 9.90 Å². The first-order valence-electron chi connectivity index (χ1n) is 6.80. The SMILES string of the molecule is O=C(O)C1CCCN1Cc1csc(-c2ccc(Cl)cc2)n1. The number of rotatable bonds is 4. The predicted octanol–water partition coefficient (Wildman–Crippen LogP) is 3.51. The summed E-state index contributed by atoms with van der Waals surface area (Å²) in [6, 6.07) is 7.21. The zero-order valence-electron chi connectivity index (χ0n) is 11.3. The first kappa shape index (κ1) is 14.5. The van der Waals surface area contributed by atoms with Crippen LogP contribution in [0, 0.1) is 0 Å². The van der Waals surface area contributed by atoms with E-state index in [-0.39, 0.29) is 6.04 Å². The molecule has 1 aromatic heterocycles. The Hall–Kier alpha value is -1.43. The first-order valence-corrected chi connectivity index (χ1v) is 8.06. The van der Waals surface area contributed by atoms with Gasteiger partial charge in [-0.2, -0.15) is 0 Å². The zero-order chi connectivity index (χ0) is 14.8. The molecule has 110 valence electrons. The quantitative estimate of drug-likeness (QED) is 0.936.